The van der Waals surface area contributed by atoms with Crippen molar-refractivity contribution >= 4 is 23.6 Å². The minimum Gasteiger partial charge on any atom is -0.508 e. The van der Waals surface area contributed by atoms with Gasteiger partial charge in [0.25, 0.3) is 0 Å². The molecule has 28 heavy (non-hydrogen) atoms. The fourth-order valence-electron chi connectivity index (χ4n) is 2.54. The zero-order valence-corrected chi connectivity index (χ0v) is 14.6. The lowest BCUT2D eigenvalue weighted by molar-refractivity contribution is -0.111. The molecule has 0 fully saturated rings. The summed E-state index contributed by atoms with van der Waals surface area (Å²) in [5.74, 6) is -1.71. The monoisotopic (exact) mass is 376 g/mol. The van der Waals surface area contributed by atoms with Crippen molar-refractivity contribution in [1.29, 1.82) is 0 Å². The molecule has 7 heteroatoms. The fourth-order valence-corrected chi connectivity index (χ4v) is 2.54. The van der Waals surface area contributed by atoms with Crippen molar-refractivity contribution < 1.29 is 19.8 Å². The number of carboxylic acid groups (broad SMARTS) is 1. The molecule has 0 atom stereocenters. The van der Waals surface area contributed by atoms with Crippen molar-refractivity contribution in [3.8, 4) is 11.4 Å². The fraction of sp³-hybridized carbons (Fsp3) is 0. The van der Waals surface area contributed by atoms with Gasteiger partial charge in [-0.3, -0.25) is 9.59 Å². The van der Waals surface area contributed by atoms with E-state index in [1.165, 1.54) is 35.0 Å². The summed E-state index contributed by atoms with van der Waals surface area (Å²) >= 11 is 0. The average molecular weight is 376 g/mol. The summed E-state index contributed by atoms with van der Waals surface area (Å²) in [5.41, 5.74) is 0.367. The zero-order chi connectivity index (χ0) is 20.1. The lowest BCUT2D eigenvalue weighted by Gasteiger charge is -2.12. The maximum absolute atomic E-state index is 12.1. The number of pyridine rings is 1. The summed E-state index contributed by atoms with van der Waals surface area (Å²) in [6.45, 7) is 0. The molecule has 7 nitrogen and oxygen atoms in total. The summed E-state index contributed by atoms with van der Waals surface area (Å²) < 4.78 is 1.45. The second-order valence-corrected chi connectivity index (χ2v) is 5.86. The number of anilines is 1. The number of carbonyl (C=O) groups excluding carboxylic acids is 1. The molecule has 1 amide bonds. The van der Waals surface area contributed by atoms with Gasteiger partial charge in [0.05, 0.1) is 0 Å². The van der Waals surface area contributed by atoms with Crippen LogP contribution in [-0.4, -0.2) is 26.7 Å². The maximum atomic E-state index is 12.1. The van der Waals surface area contributed by atoms with Crippen LogP contribution in [0.2, 0.25) is 0 Å². The van der Waals surface area contributed by atoms with E-state index in [9.17, 15) is 24.6 Å². The van der Waals surface area contributed by atoms with Gasteiger partial charge in [0.15, 0.2) is 5.43 Å². The first-order chi connectivity index (χ1) is 13.4. The molecule has 3 N–H and O–H groups in total. The highest BCUT2D eigenvalue weighted by Gasteiger charge is 2.12. The van der Waals surface area contributed by atoms with Crippen LogP contribution in [-0.2, 0) is 4.79 Å². The number of hydrogen-bond acceptors (Lipinski definition) is 4. The number of hydrogen-bond donors (Lipinski definition) is 3. The van der Waals surface area contributed by atoms with E-state index >= 15 is 0 Å². The highest BCUT2D eigenvalue weighted by molar-refractivity contribution is 6.01. The number of amides is 1. The molecule has 3 rings (SSSR count). The third kappa shape index (κ3) is 4.34. The lowest BCUT2D eigenvalue weighted by atomic mass is 10.2. The molecule has 1 heterocycles. The predicted molar refractivity (Wildman–Crippen MR) is 105 cm³/mol. The Kier molecular flexibility index (Phi) is 5.36. The first-order valence-electron chi connectivity index (χ1n) is 8.27. The summed E-state index contributed by atoms with van der Waals surface area (Å²) in [6.07, 6.45) is 3.85. The van der Waals surface area contributed by atoms with Crippen LogP contribution in [0.4, 0.5) is 5.69 Å². The van der Waals surface area contributed by atoms with E-state index in [1.54, 1.807) is 36.4 Å². The van der Waals surface area contributed by atoms with Gasteiger partial charge in [-0.15, -0.1) is 0 Å². The average Bonchev–Trinajstić information content (AvgIpc) is 2.68. The second kappa shape index (κ2) is 8.05. The predicted octanol–water partition coefficient (Wildman–Crippen LogP) is 2.89. The topological polar surface area (TPSA) is 109 Å². The number of carboxylic acids is 1. The van der Waals surface area contributed by atoms with Gasteiger partial charge in [-0.2, -0.15) is 0 Å². The molecule has 140 valence electrons. The van der Waals surface area contributed by atoms with Gasteiger partial charge in [-0.25, -0.2) is 4.79 Å². The molecule has 0 aliphatic heterocycles. The number of nitrogens with one attached hydrogen (secondary N) is 1. The van der Waals surface area contributed by atoms with Gasteiger partial charge >= 0.3 is 5.97 Å². The number of para-hydroxylation sites is 1. The Morgan fingerprint density at radius 1 is 1.00 bits per heavy atom. The quantitative estimate of drug-likeness (QED) is 0.593. The second-order valence-electron chi connectivity index (χ2n) is 5.86. The van der Waals surface area contributed by atoms with Crippen LogP contribution < -0.4 is 10.7 Å². The molecule has 0 bridgehead atoms. The number of benzene rings is 2. The van der Waals surface area contributed by atoms with Gasteiger partial charge in [-0.1, -0.05) is 18.2 Å². The maximum Gasteiger partial charge on any atom is 0.341 e. The van der Waals surface area contributed by atoms with E-state index in [2.05, 4.69) is 5.32 Å². The van der Waals surface area contributed by atoms with E-state index in [-0.39, 0.29) is 5.75 Å². The van der Waals surface area contributed by atoms with Crippen molar-refractivity contribution in [2.45, 2.75) is 0 Å². The van der Waals surface area contributed by atoms with E-state index in [0.29, 0.717) is 17.1 Å². The molecule has 0 saturated heterocycles. The molecule has 0 saturated carbocycles. The largest absolute Gasteiger partial charge is 0.508 e. The van der Waals surface area contributed by atoms with E-state index in [1.807, 2.05) is 6.07 Å². The summed E-state index contributed by atoms with van der Waals surface area (Å²) in [7, 11) is 0. The first kappa shape index (κ1) is 18.7. The number of carbonyl (C=O) groups is 2. The van der Waals surface area contributed by atoms with Gasteiger partial charge in [-0.05, 0) is 42.5 Å². The van der Waals surface area contributed by atoms with E-state index < -0.39 is 22.9 Å². The Balaban J connectivity index is 1.98. The van der Waals surface area contributed by atoms with E-state index in [4.69, 9.17) is 0 Å². The Labute approximate surface area is 159 Å². The van der Waals surface area contributed by atoms with Crippen molar-refractivity contribution in [3.63, 3.8) is 0 Å². The smallest absolute Gasteiger partial charge is 0.341 e. The van der Waals surface area contributed by atoms with Crippen LogP contribution in [0.3, 0.4) is 0 Å². The van der Waals surface area contributed by atoms with E-state index in [0.717, 1.165) is 6.07 Å². The van der Waals surface area contributed by atoms with Gasteiger partial charge in [0.1, 0.15) is 11.3 Å². The standard InChI is InChI=1S/C21H16N2O5/c24-17-9-6-15(7-10-17)23-13-18(21(27)28)19(25)12-16(23)8-11-20(26)22-14-4-2-1-3-5-14/h1-13,24H,(H,22,26)(H,27,28)/b11-8+. The Morgan fingerprint density at radius 3 is 2.32 bits per heavy atom. The van der Waals surface area contributed by atoms with Gasteiger partial charge in [0.2, 0.25) is 5.91 Å². The number of aromatic carboxylic acids is 1. The highest BCUT2D eigenvalue weighted by atomic mass is 16.4. The summed E-state index contributed by atoms with van der Waals surface area (Å²) in [4.78, 5) is 35.5. The molecule has 0 aliphatic carbocycles. The highest BCUT2D eigenvalue weighted by Crippen LogP contribution is 2.17. The minimum absolute atomic E-state index is 0.0441. The van der Waals surface area contributed by atoms with Crippen molar-refractivity contribution in [2.24, 2.45) is 0 Å². The minimum atomic E-state index is -1.35. The number of phenols is 1. The van der Waals surface area contributed by atoms with Crippen LogP contribution in [0.5, 0.6) is 5.75 Å². The molecule has 0 unspecified atom stereocenters. The lowest BCUT2D eigenvalue weighted by Crippen LogP contribution is -2.18. The summed E-state index contributed by atoms with van der Waals surface area (Å²) in [6, 6.07) is 16.0. The van der Waals surface area contributed by atoms with Crippen molar-refractivity contribution in [3.05, 3.63) is 94.4 Å². The molecular formula is C21H16N2O5. The normalized spacial score (nSPS) is 10.7. The molecule has 0 radical (unpaired) electrons. The third-order valence-electron chi connectivity index (χ3n) is 3.89. The SMILES string of the molecule is O=C(/C=C/c1cc(=O)c(C(=O)O)cn1-c1ccc(O)cc1)Nc1ccccc1. The molecule has 3 aromatic rings. The Bertz CT molecular complexity index is 1100. The van der Waals surface area contributed by atoms with Crippen LogP contribution in [0.1, 0.15) is 16.1 Å². The van der Waals surface area contributed by atoms with Gasteiger partial charge < -0.3 is 20.1 Å². The zero-order valence-electron chi connectivity index (χ0n) is 14.6. The van der Waals surface area contributed by atoms with Crippen LogP contribution >= 0.6 is 0 Å². The van der Waals surface area contributed by atoms with Crippen LogP contribution in [0.25, 0.3) is 11.8 Å². The van der Waals surface area contributed by atoms with Crippen molar-refractivity contribution in [1.82, 2.24) is 4.57 Å². The van der Waals surface area contributed by atoms with Crippen LogP contribution in [0.15, 0.2) is 77.7 Å². The molecular weight excluding hydrogens is 360 g/mol. The summed E-state index contributed by atoms with van der Waals surface area (Å²) in [5, 5.41) is 21.4. The number of rotatable bonds is 5. The number of aromatic hydroxyl groups is 1. The molecule has 0 aliphatic rings. The molecule has 1 aromatic heterocycles. The number of aromatic nitrogens is 1. The van der Waals surface area contributed by atoms with Gasteiger partial charge in [0, 0.05) is 35.4 Å². The molecule has 0 spiro atoms. The number of nitrogens with zero attached hydrogens (tertiary/aromatic N) is 1. The Hall–Kier alpha value is -4.13. The third-order valence-corrected chi connectivity index (χ3v) is 3.89. The Morgan fingerprint density at radius 2 is 1.68 bits per heavy atom. The number of phenolic OH excluding ortho intramolecular Hbond substituents is 1. The first-order valence-corrected chi connectivity index (χ1v) is 8.27. The molecule has 2 aromatic carbocycles. The van der Waals surface area contributed by atoms with Crippen molar-refractivity contribution in [2.75, 3.05) is 5.32 Å². The van der Waals surface area contributed by atoms with Crippen LogP contribution in [0, 0.1) is 0 Å².